The zero-order valence-corrected chi connectivity index (χ0v) is 10.8. The van der Waals surface area contributed by atoms with E-state index < -0.39 is 11.4 Å². The van der Waals surface area contributed by atoms with Crippen molar-refractivity contribution in [1.29, 1.82) is 0 Å². The molecule has 5 nitrogen and oxygen atoms in total. The van der Waals surface area contributed by atoms with Crippen LogP contribution in [0.4, 0.5) is 0 Å². The molecule has 1 aliphatic carbocycles. The minimum absolute atomic E-state index is 0.331. The number of hydrogen-bond acceptors (Lipinski definition) is 3. The molecule has 0 heterocycles. The van der Waals surface area contributed by atoms with Crippen molar-refractivity contribution < 1.29 is 19.4 Å². The molecule has 1 amide bonds. The Balaban J connectivity index is 1.94. The number of carbonyl (C=O) groups is 2. The van der Waals surface area contributed by atoms with Crippen LogP contribution in [0.2, 0.25) is 0 Å². The maximum absolute atomic E-state index is 12.0. The van der Waals surface area contributed by atoms with Crippen LogP contribution in [0.15, 0.2) is 24.3 Å². The molecule has 19 heavy (non-hydrogen) atoms. The number of nitrogens with one attached hydrogen (secondary N) is 1. The topological polar surface area (TPSA) is 75.6 Å². The fraction of sp³-hybridized carbons (Fsp3) is 0.429. The van der Waals surface area contributed by atoms with Crippen LogP contribution in [0.25, 0.3) is 0 Å². The van der Waals surface area contributed by atoms with Gasteiger partial charge in [-0.2, -0.15) is 0 Å². The molecular weight excluding hydrogens is 246 g/mol. The molecule has 0 atom stereocenters. The molecule has 0 spiro atoms. The van der Waals surface area contributed by atoms with E-state index in [1.807, 2.05) is 12.1 Å². The van der Waals surface area contributed by atoms with Gasteiger partial charge in [0.25, 0.3) is 0 Å². The first kappa shape index (κ1) is 13.4. The number of ether oxygens (including phenoxy) is 1. The highest BCUT2D eigenvalue weighted by molar-refractivity contribution is 6.02. The molecule has 0 radical (unpaired) electrons. The maximum Gasteiger partial charge on any atom is 0.319 e. The van der Waals surface area contributed by atoms with Gasteiger partial charge in [-0.25, -0.2) is 0 Å². The highest BCUT2D eigenvalue weighted by Crippen LogP contribution is 2.41. The summed E-state index contributed by atoms with van der Waals surface area (Å²) in [6.07, 6.45) is 1.65. The molecule has 5 heteroatoms. The Bertz CT molecular complexity index is 477. The number of carbonyl (C=O) groups excluding carboxylic acids is 1. The second-order valence-electron chi connectivity index (χ2n) is 4.77. The Morgan fingerprint density at radius 1 is 1.32 bits per heavy atom. The normalized spacial score (nSPS) is 16.3. The van der Waals surface area contributed by atoms with Crippen molar-refractivity contribution >= 4 is 11.9 Å². The molecule has 1 aromatic rings. The van der Waals surface area contributed by atoms with Crippen molar-refractivity contribution in [1.82, 2.24) is 5.32 Å². The van der Waals surface area contributed by atoms with Crippen LogP contribution >= 0.6 is 0 Å². The Hall–Kier alpha value is -2.04. The Labute approximate surface area is 111 Å². The monoisotopic (exact) mass is 263 g/mol. The van der Waals surface area contributed by atoms with Crippen LogP contribution < -0.4 is 10.1 Å². The van der Waals surface area contributed by atoms with E-state index in [1.165, 1.54) is 0 Å². The predicted octanol–water partition coefficient (Wildman–Crippen LogP) is 1.57. The first-order valence-corrected chi connectivity index (χ1v) is 6.23. The smallest absolute Gasteiger partial charge is 0.319 e. The minimum Gasteiger partial charge on any atom is -0.497 e. The van der Waals surface area contributed by atoms with Crippen molar-refractivity contribution in [2.45, 2.75) is 25.8 Å². The van der Waals surface area contributed by atoms with Crippen LogP contribution in [0.5, 0.6) is 5.75 Å². The first-order valence-electron chi connectivity index (χ1n) is 6.23. The summed E-state index contributed by atoms with van der Waals surface area (Å²) in [5.41, 5.74) is -0.291. The van der Waals surface area contributed by atoms with Crippen LogP contribution in [-0.2, 0) is 16.1 Å². The van der Waals surface area contributed by atoms with E-state index in [0.29, 0.717) is 19.4 Å². The lowest BCUT2D eigenvalue weighted by molar-refractivity contribution is -0.162. The third-order valence-electron chi connectivity index (χ3n) is 3.66. The lowest BCUT2D eigenvalue weighted by Crippen LogP contribution is -2.50. The lowest BCUT2D eigenvalue weighted by Gasteiger charge is -2.35. The van der Waals surface area contributed by atoms with Crippen molar-refractivity contribution in [3.05, 3.63) is 29.8 Å². The Morgan fingerprint density at radius 3 is 2.37 bits per heavy atom. The van der Waals surface area contributed by atoms with E-state index in [2.05, 4.69) is 5.32 Å². The molecular formula is C14H17NO4. The molecule has 102 valence electrons. The van der Waals surface area contributed by atoms with Crippen LogP contribution in [-0.4, -0.2) is 24.1 Å². The zero-order chi connectivity index (χ0) is 13.9. The molecule has 1 fully saturated rings. The zero-order valence-electron chi connectivity index (χ0n) is 10.8. The molecule has 0 bridgehead atoms. The summed E-state index contributed by atoms with van der Waals surface area (Å²) in [4.78, 5) is 23.1. The largest absolute Gasteiger partial charge is 0.497 e. The van der Waals surface area contributed by atoms with Gasteiger partial charge in [-0.1, -0.05) is 18.6 Å². The van der Waals surface area contributed by atoms with Gasteiger partial charge in [0.15, 0.2) is 0 Å². The third kappa shape index (κ3) is 2.54. The standard InChI is InChI=1S/C14H17NO4/c1-19-11-5-3-10(4-6-11)9-15-12(16)14(13(17)18)7-2-8-14/h3-6H,2,7-9H2,1H3,(H,15,16)(H,17,18). The molecule has 0 aromatic heterocycles. The van der Waals surface area contributed by atoms with Crippen LogP contribution in [0, 0.1) is 5.41 Å². The number of hydrogen-bond donors (Lipinski definition) is 2. The maximum atomic E-state index is 12.0. The number of amides is 1. The van der Waals surface area contributed by atoms with E-state index in [0.717, 1.165) is 17.7 Å². The van der Waals surface area contributed by atoms with E-state index in [-0.39, 0.29) is 5.91 Å². The highest BCUT2D eigenvalue weighted by atomic mass is 16.5. The number of aliphatic carboxylic acids is 1. The number of benzene rings is 1. The van der Waals surface area contributed by atoms with Gasteiger partial charge in [0.1, 0.15) is 11.2 Å². The van der Waals surface area contributed by atoms with Gasteiger partial charge < -0.3 is 15.2 Å². The predicted molar refractivity (Wildman–Crippen MR) is 68.8 cm³/mol. The van der Waals surface area contributed by atoms with Gasteiger partial charge in [0.2, 0.25) is 5.91 Å². The van der Waals surface area contributed by atoms with E-state index >= 15 is 0 Å². The SMILES string of the molecule is COc1ccc(CNC(=O)C2(C(=O)O)CCC2)cc1. The fourth-order valence-corrected chi connectivity index (χ4v) is 2.16. The van der Waals surface area contributed by atoms with Crippen LogP contribution in [0.3, 0.4) is 0 Å². The van der Waals surface area contributed by atoms with Crippen LogP contribution in [0.1, 0.15) is 24.8 Å². The summed E-state index contributed by atoms with van der Waals surface area (Å²) in [5, 5.41) is 11.8. The van der Waals surface area contributed by atoms with Gasteiger partial charge in [-0.05, 0) is 30.5 Å². The molecule has 0 saturated heterocycles. The summed E-state index contributed by atoms with van der Waals surface area (Å²) in [6, 6.07) is 7.29. The second kappa shape index (κ2) is 5.30. The van der Waals surface area contributed by atoms with Crippen molar-refractivity contribution in [3.8, 4) is 5.75 Å². The summed E-state index contributed by atoms with van der Waals surface area (Å²) < 4.78 is 5.04. The van der Waals surface area contributed by atoms with Gasteiger partial charge in [-0.15, -0.1) is 0 Å². The summed E-state index contributed by atoms with van der Waals surface area (Å²) >= 11 is 0. The number of carboxylic acids is 1. The molecule has 1 aromatic carbocycles. The molecule has 2 rings (SSSR count). The van der Waals surface area contributed by atoms with E-state index in [9.17, 15) is 9.59 Å². The number of rotatable bonds is 5. The minimum atomic E-state index is -1.20. The van der Waals surface area contributed by atoms with E-state index in [1.54, 1.807) is 19.2 Å². The summed E-state index contributed by atoms with van der Waals surface area (Å²) in [7, 11) is 1.59. The molecule has 0 aliphatic heterocycles. The second-order valence-corrected chi connectivity index (χ2v) is 4.77. The van der Waals surface area contributed by atoms with Crippen molar-refractivity contribution in [2.24, 2.45) is 5.41 Å². The fourth-order valence-electron chi connectivity index (χ4n) is 2.16. The summed E-state index contributed by atoms with van der Waals surface area (Å²) in [6.45, 7) is 0.331. The quantitative estimate of drug-likeness (QED) is 0.791. The van der Waals surface area contributed by atoms with Gasteiger partial charge in [0.05, 0.1) is 7.11 Å². The van der Waals surface area contributed by atoms with Gasteiger partial charge in [0, 0.05) is 6.54 Å². The average Bonchev–Trinajstić information content (AvgIpc) is 2.35. The first-order chi connectivity index (χ1) is 9.08. The molecule has 1 saturated carbocycles. The third-order valence-corrected chi connectivity index (χ3v) is 3.66. The Kier molecular flexibility index (Phi) is 3.74. The van der Waals surface area contributed by atoms with Crippen molar-refractivity contribution in [3.63, 3.8) is 0 Å². The summed E-state index contributed by atoms with van der Waals surface area (Å²) in [5.74, 6) is -0.663. The lowest BCUT2D eigenvalue weighted by atomic mass is 9.68. The number of carboxylic acid groups (broad SMARTS) is 1. The Morgan fingerprint density at radius 2 is 1.95 bits per heavy atom. The average molecular weight is 263 g/mol. The van der Waals surface area contributed by atoms with Gasteiger partial charge >= 0.3 is 5.97 Å². The van der Waals surface area contributed by atoms with Gasteiger partial charge in [-0.3, -0.25) is 9.59 Å². The van der Waals surface area contributed by atoms with E-state index in [4.69, 9.17) is 9.84 Å². The molecule has 1 aliphatic rings. The highest BCUT2D eigenvalue weighted by Gasteiger charge is 2.50. The number of methoxy groups -OCH3 is 1. The van der Waals surface area contributed by atoms with Crippen molar-refractivity contribution in [2.75, 3.05) is 7.11 Å². The molecule has 2 N–H and O–H groups in total. The molecule has 0 unspecified atom stereocenters.